The molecule has 1 aromatic heterocycles. The number of rotatable bonds is 5. The quantitative estimate of drug-likeness (QED) is 0.689. The molecule has 0 saturated carbocycles. The zero-order chi connectivity index (χ0) is 16.9. The normalized spacial score (nSPS) is 16.2. The molecule has 1 aliphatic heterocycles. The van der Waals surface area contributed by atoms with Crippen molar-refractivity contribution in [1.82, 2.24) is 10.3 Å². The van der Waals surface area contributed by atoms with Gasteiger partial charge in [-0.25, -0.2) is 4.98 Å². The first kappa shape index (κ1) is 16.2. The minimum Gasteiger partial charge on any atom is -0.426 e. The van der Waals surface area contributed by atoms with E-state index >= 15 is 0 Å². The fraction of sp³-hybridized carbons (Fsp3) is 0.188. The van der Waals surface area contributed by atoms with Crippen LogP contribution in [0.1, 0.15) is 12.1 Å². The van der Waals surface area contributed by atoms with E-state index < -0.39 is 19.1 Å². The Morgan fingerprint density at radius 2 is 1.92 bits per heavy atom. The van der Waals surface area contributed by atoms with Gasteiger partial charge in [0.15, 0.2) is 0 Å². The summed E-state index contributed by atoms with van der Waals surface area (Å²) in [5.74, 6) is -0.443. The minimum absolute atomic E-state index is 0.254. The molecule has 0 bridgehead atoms. The van der Waals surface area contributed by atoms with E-state index in [1.807, 2.05) is 48.5 Å². The zero-order valence-corrected chi connectivity index (χ0v) is 12.8. The highest BCUT2D eigenvalue weighted by atomic mass is 16.6. The maximum atomic E-state index is 11.9. The average molecular weight is 325 g/mol. The summed E-state index contributed by atoms with van der Waals surface area (Å²) in [5.41, 5.74) is 3.03. The molecule has 24 heavy (non-hydrogen) atoms. The van der Waals surface area contributed by atoms with Gasteiger partial charge in [-0.1, -0.05) is 41.6 Å². The Kier molecular flexibility index (Phi) is 4.88. The molecule has 8 heteroatoms. The number of amides is 1. The smallest absolute Gasteiger partial charge is 0.426 e. The highest BCUT2D eigenvalue weighted by Crippen LogP contribution is 2.20. The van der Waals surface area contributed by atoms with Crippen LogP contribution < -0.4 is 5.32 Å². The third-order valence-electron chi connectivity index (χ3n) is 3.53. The Balaban J connectivity index is 1.69. The third kappa shape index (κ3) is 3.79. The van der Waals surface area contributed by atoms with Crippen molar-refractivity contribution in [2.45, 2.75) is 12.5 Å². The summed E-state index contributed by atoms with van der Waals surface area (Å²) in [5, 5.41) is 23.9. The summed E-state index contributed by atoms with van der Waals surface area (Å²) in [6.07, 6.45) is -0.769. The molecule has 1 unspecified atom stereocenters. The first-order chi connectivity index (χ1) is 11.6. The second-order valence-corrected chi connectivity index (χ2v) is 5.34. The predicted molar refractivity (Wildman–Crippen MR) is 88.9 cm³/mol. The van der Waals surface area contributed by atoms with Crippen molar-refractivity contribution in [2.75, 3.05) is 6.44 Å². The van der Waals surface area contributed by atoms with Crippen LogP contribution in [-0.4, -0.2) is 46.3 Å². The lowest BCUT2D eigenvalue weighted by Gasteiger charge is -2.08. The fourth-order valence-corrected chi connectivity index (χ4v) is 2.34. The van der Waals surface area contributed by atoms with Crippen LogP contribution >= 0.6 is 0 Å². The highest BCUT2D eigenvalue weighted by Gasteiger charge is 2.30. The molecule has 0 saturated heterocycles. The van der Waals surface area contributed by atoms with E-state index in [4.69, 9.17) is 14.9 Å². The first-order valence-corrected chi connectivity index (χ1v) is 7.53. The van der Waals surface area contributed by atoms with E-state index in [-0.39, 0.29) is 12.9 Å². The number of carbonyl (C=O) groups excluding carboxylic acids is 1. The zero-order valence-electron chi connectivity index (χ0n) is 12.8. The van der Waals surface area contributed by atoms with E-state index in [9.17, 15) is 4.79 Å². The molecule has 122 valence electrons. The lowest BCUT2D eigenvalue weighted by Crippen LogP contribution is -2.41. The summed E-state index contributed by atoms with van der Waals surface area (Å²) in [6, 6.07) is 15.3. The Morgan fingerprint density at radius 3 is 2.67 bits per heavy atom. The van der Waals surface area contributed by atoms with Gasteiger partial charge in [-0.15, -0.1) is 0 Å². The van der Waals surface area contributed by atoms with E-state index in [1.54, 1.807) is 0 Å². The average Bonchev–Trinajstić information content (AvgIpc) is 3.11. The van der Waals surface area contributed by atoms with E-state index in [1.165, 1.54) is 0 Å². The van der Waals surface area contributed by atoms with Crippen molar-refractivity contribution in [1.29, 1.82) is 0 Å². The Labute approximate surface area is 139 Å². The number of carbonyl (C=O) groups is 1. The van der Waals surface area contributed by atoms with Crippen molar-refractivity contribution >= 4 is 18.7 Å². The van der Waals surface area contributed by atoms with Crippen molar-refractivity contribution < 1.29 is 19.7 Å². The second kappa shape index (κ2) is 7.24. The van der Waals surface area contributed by atoms with Crippen LogP contribution in [0.2, 0.25) is 0 Å². The van der Waals surface area contributed by atoms with Gasteiger partial charge in [-0.3, -0.25) is 4.79 Å². The van der Waals surface area contributed by atoms with Crippen LogP contribution in [0.5, 0.6) is 0 Å². The molecule has 1 aliphatic rings. The minimum atomic E-state index is -1.60. The maximum absolute atomic E-state index is 11.9. The lowest BCUT2D eigenvalue weighted by molar-refractivity contribution is -0.130. The summed E-state index contributed by atoms with van der Waals surface area (Å²) in [4.78, 5) is 21.6. The first-order valence-electron chi connectivity index (χ1n) is 7.53. The van der Waals surface area contributed by atoms with Gasteiger partial charge in [0.25, 0.3) is 5.91 Å². The van der Waals surface area contributed by atoms with Gasteiger partial charge in [-0.05, 0) is 12.1 Å². The van der Waals surface area contributed by atoms with Crippen molar-refractivity contribution in [2.24, 2.45) is 5.16 Å². The van der Waals surface area contributed by atoms with Gasteiger partial charge < -0.3 is 20.2 Å². The van der Waals surface area contributed by atoms with E-state index in [0.717, 1.165) is 11.3 Å². The number of nitrogens with one attached hydrogen (secondary N) is 1. The molecule has 1 amide bonds. The van der Waals surface area contributed by atoms with Crippen molar-refractivity contribution in [3.8, 4) is 11.3 Å². The topological polar surface area (TPSA) is 104 Å². The monoisotopic (exact) mass is 325 g/mol. The van der Waals surface area contributed by atoms with Gasteiger partial charge in [0, 0.05) is 12.0 Å². The molecule has 1 aromatic carbocycles. The standard InChI is InChI=1S/C16H16BN3O4/c21-16(18-10-17(22)23)15-9-14(20-24-15)13-8-4-7-12(19-13)11-5-2-1-3-6-11/h1-8,15,22-23H,9-10H2,(H,18,21). The van der Waals surface area contributed by atoms with Crippen LogP contribution in [0.4, 0.5) is 0 Å². The Hall–Kier alpha value is -2.71. The number of pyridine rings is 1. The molecule has 7 nitrogen and oxygen atoms in total. The number of hydrogen-bond donors (Lipinski definition) is 3. The van der Waals surface area contributed by atoms with Gasteiger partial charge in [-0.2, -0.15) is 0 Å². The maximum Gasteiger partial charge on any atom is 0.472 e. The Bertz CT molecular complexity index is 752. The fourth-order valence-electron chi connectivity index (χ4n) is 2.34. The Morgan fingerprint density at radius 1 is 1.17 bits per heavy atom. The molecule has 0 fully saturated rings. The van der Waals surface area contributed by atoms with Crippen LogP contribution in [-0.2, 0) is 9.63 Å². The van der Waals surface area contributed by atoms with Crippen LogP contribution in [0.25, 0.3) is 11.3 Å². The van der Waals surface area contributed by atoms with Crippen LogP contribution in [0.15, 0.2) is 53.7 Å². The summed E-state index contributed by atoms with van der Waals surface area (Å²) < 4.78 is 0. The molecule has 0 radical (unpaired) electrons. The van der Waals surface area contributed by atoms with Crippen molar-refractivity contribution in [3.63, 3.8) is 0 Å². The van der Waals surface area contributed by atoms with Gasteiger partial charge in [0.1, 0.15) is 5.71 Å². The molecule has 0 aliphatic carbocycles. The molecule has 2 aromatic rings. The molecule has 2 heterocycles. The molecule has 0 spiro atoms. The number of aromatic nitrogens is 1. The summed E-state index contributed by atoms with van der Waals surface area (Å²) >= 11 is 0. The van der Waals surface area contributed by atoms with Crippen molar-refractivity contribution in [3.05, 3.63) is 54.2 Å². The lowest BCUT2D eigenvalue weighted by atomic mass is 9.92. The third-order valence-corrected chi connectivity index (χ3v) is 3.53. The molecular formula is C16H16BN3O4. The molecule has 3 rings (SSSR count). The SMILES string of the molecule is O=C(NCB(O)O)C1CC(c2cccc(-c3ccccc3)n2)=NO1. The number of benzene rings is 1. The molecular weight excluding hydrogens is 309 g/mol. The highest BCUT2D eigenvalue weighted by molar-refractivity contribution is 6.41. The van der Waals surface area contributed by atoms with E-state index in [0.29, 0.717) is 11.4 Å². The van der Waals surface area contributed by atoms with Gasteiger partial charge in [0.05, 0.1) is 17.8 Å². The van der Waals surface area contributed by atoms with Crippen LogP contribution in [0.3, 0.4) is 0 Å². The summed E-state index contributed by atoms with van der Waals surface area (Å²) in [6.45, 7) is 0. The van der Waals surface area contributed by atoms with E-state index in [2.05, 4.69) is 15.5 Å². The van der Waals surface area contributed by atoms with Gasteiger partial charge in [0.2, 0.25) is 6.10 Å². The second-order valence-electron chi connectivity index (χ2n) is 5.34. The molecule has 3 N–H and O–H groups in total. The number of hydrogen-bond acceptors (Lipinski definition) is 6. The number of nitrogens with zero attached hydrogens (tertiary/aromatic N) is 2. The van der Waals surface area contributed by atoms with Gasteiger partial charge >= 0.3 is 7.12 Å². The van der Waals surface area contributed by atoms with Crippen LogP contribution in [0, 0.1) is 0 Å². The predicted octanol–water partition coefficient (Wildman–Crippen LogP) is 0.370. The molecule has 1 atom stereocenters. The summed E-state index contributed by atoms with van der Waals surface area (Å²) in [7, 11) is -1.60. The largest absolute Gasteiger partial charge is 0.472 e. The number of oxime groups is 1.